The third kappa shape index (κ3) is 51.3. The molecular formula is C59H111NO5. The number of nitrogens with one attached hydrogen (secondary N) is 1. The van der Waals surface area contributed by atoms with E-state index in [-0.39, 0.29) is 18.5 Å². The molecule has 0 heterocycles. The second-order valence-corrected chi connectivity index (χ2v) is 19.6. The molecule has 0 aliphatic heterocycles. The maximum Gasteiger partial charge on any atom is 0.305 e. The highest BCUT2D eigenvalue weighted by atomic mass is 16.5. The molecular weight excluding hydrogens is 803 g/mol. The Kier molecular flexibility index (Phi) is 53.1. The molecule has 0 saturated heterocycles. The van der Waals surface area contributed by atoms with E-state index in [0.717, 1.165) is 51.4 Å². The van der Waals surface area contributed by atoms with Gasteiger partial charge in [0.15, 0.2) is 0 Å². The first-order chi connectivity index (χ1) is 32.0. The lowest BCUT2D eigenvalue weighted by Crippen LogP contribution is -2.45. The smallest absolute Gasteiger partial charge is 0.305 e. The molecule has 382 valence electrons. The second-order valence-electron chi connectivity index (χ2n) is 19.6. The fourth-order valence-corrected chi connectivity index (χ4v) is 8.74. The van der Waals surface area contributed by atoms with Gasteiger partial charge < -0.3 is 20.3 Å². The molecule has 6 heteroatoms. The highest BCUT2D eigenvalue weighted by Gasteiger charge is 2.17. The number of aliphatic hydroxyl groups is 2. The van der Waals surface area contributed by atoms with Gasteiger partial charge >= 0.3 is 5.97 Å². The van der Waals surface area contributed by atoms with Gasteiger partial charge in [0, 0.05) is 12.8 Å². The molecule has 0 aromatic heterocycles. The van der Waals surface area contributed by atoms with Crippen LogP contribution in [0.5, 0.6) is 0 Å². The van der Waals surface area contributed by atoms with Crippen molar-refractivity contribution < 1.29 is 24.5 Å². The molecule has 0 spiro atoms. The van der Waals surface area contributed by atoms with E-state index in [1.54, 1.807) is 6.08 Å². The van der Waals surface area contributed by atoms with Gasteiger partial charge in [-0.25, -0.2) is 0 Å². The predicted molar refractivity (Wildman–Crippen MR) is 283 cm³/mol. The minimum atomic E-state index is -0.879. The zero-order valence-corrected chi connectivity index (χ0v) is 43.5. The maximum absolute atomic E-state index is 12.4. The number of unbranched alkanes of at least 4 members (excludes halogenated alkanes) is 38. The summed E-state index contributed by atoms with van der Waals surface area (Å²) in [4.78, 5) is 24.5. The Labute approximate surface area is 404 Å². The number of aliphatic hydroxyl groups excluding tert-OH is 2. The van der Waals surface area contributed by atoms with E-state index in [9.17, 15) is 19.8 Å². The maximum atomic E-state index is 12.4. The molecule has 0 saturated carbocycles. The first-order valence-electron chi connectivity index (χ1n) is 28.8. The number of hydrogen-bond donors (Lipinski definition) is 3. The zero-order valence-electron chi connectivity index (χ0n) is 43.5. The molecule has 3 N–H and O–H groups in total. The first-order valence-corrected chi connectivity index (χ1v) is 28.8. The number of ether oxygens (including phenoxy) is 1. The lowest BCUT2D eigenvalue weighted by atomic mass is 10.0. The lowest BCUT2D eigenvalue weighted by Gasteiger charge is -2.19. The summed E-state index contributed by atoms with van der Waals surface area (Å²) in [6.45, 7) is 4.85. The topological polar surface area (TPSA) is 95.9 Å². The number of amides is 1. The van der Waals surface area contributed by atoms with E-state index in [0.29, 0.717) is 25.9 Å². The highest BCUT2D eigenvalue weighted by Crippen LogP contribution is 2.17. The van der Waals surface area contributed by atoms with E-state index in [1.807, 2.05) is 12.2 Å². The van der Waals surface area contributed by atoms with Gasteiger partial charge in [-0.05, 0) is 51.4 Å². The van der Waals surface area contributed by atoms with Gasteiger partial charge in [0.2, 0.25) is 5.91 Å². The van der Waals surface area contributed by atoms with Gasteiger partial charge in [-0.3, -0.25) is 9.59 Å². The SMILES string of the molecule is CCCCCCCCCCCCCCCC/C=C/C(O)C(CO)NC(=O)CC/C=C\C/C=C\CCCCCCCCOC(=O)CCCCCCCCCCCCCCCCCCCCC. The molecule has 0 aromatic carbocycles. The van der Waals surface area contributed by atoms with Crippen molar-refractivity contribution in [2.45, 2.75) is 315 Å². The molecule has 6 nitrogen and oxygen atoms in total. The van der Waals surface area contributed by atoms with Gasteiger partial charge in [-0.1, -0.05) is 275 Å². The molecule has 1 amide bonds. The number of esters is 1. The Balaban J connectivity index is 3.54. The van der Waals surface area contributed by atoms with Crippen molar-refractivity contribution in [1.29, 1.82) is 0 Å². The van der Waals surface area contributed by atoms with Crippen LogP contribution in [0.3, 0.4) is 0 Å². The standard InChI is InChI=1S/C59H111NO5/c1-3-5-7-9-11-13-15-17-19-21-22-23-25-29-33-37-41-45-49-53-59(64)65-54-50-46-42-38-34-30-26-28-32-36-40-44-48-52-58(63)60-56(55-61)57(62)51-47-43-39-35-31-27-24-20-18-16-14-12-10-8-6-4-2/h28,32,40,44,47,51,56-57,61-62H,3-27,29-31,33-39,41-43,45-46,48-50,52-55H2,1-2H3,(H,60,63)/b32-28-,44-40-,51-47+. The minimum absolute atomic E-state index is 0.0138. The van der Waals surface area contributed by atoms with Crippen molar-refractivity contribution in [3.05, 3.63) is 36.5 Å². The van der Waals surface area contributed by atoms with Crippen LogP contribution < -0.4 is 5.32 Å². The van der Waals surface area contributed by atoms with E-state index < -0.39 is 12.1 Å². The van der Waals surface area contributed by atoms with Crippen LogP contribution in [-0.2, 0) is 14.3 Å². The Hall–Kier alpha value is -1.92. The Morgan fingerprint density at radius 1 is 0.431 bits per heavy atom. The van der Waals surface area contributed by atoms with Crippen molar-refractivity contribution in [1.82, 2.24) is 5.32 Å². The van der Waals surface area contributed by atoms with Crippen molar-refractivity contribution >= 4 is 11.9 Å². The fraction of sp³-hybridized carbons (Fsp3) is 0.864. The van der Waals surface area contributed by atoms with E-state index in [2.05, 4.69) is 37.4 Å². The average Bonchev–Trinajstić information content (AvgIpc) is 3.31. The Morgan fingerprint density at radius 2 is 0.785 bits per heavy atom. The average molecular weight is 915 g/mol. The summed E-state index contributed by atoms with van der Waals surface area (Å²) in [5, 5.41) is 23.0. The summed E-state index contributed by atoms with van der Waals surface area (Å²) in [6.07, 6.45) is 67.5. The van der Waals surface area contributed by atoms with E-state index in [4.69, 9.17) is 4.74 Å². The molecule has 65 heavy (non-hydrogen) atoms. The van der Waals surface area contributed by atoms with Crippen LogP contribution in [0, 0.1) is 0 Å². The summed E-state index contributed by atoms with van der Waals surface area (Å²) >= 11 is 0. The van der Waals surface area contributed by atoms with Gasteiger partial charge in [0.1, 0.15) is 0 Å². The summed E-state index contributed by atoms with van der Waals surface area (Å²) < 4.78 is 5.47. The minimum Gasteiger partial charge on any atom is -0.466 e. The zero-order chi connectivity index (χ0) is 47.2. The molecule has 0 fully saturated rings. The van der Waals surface area contributed by atoms with Crippen molar-refractivity contribution in [3.63, 3.8) is 0 Å². The summed E-state index contributed by atoms with van der Waals surface area (Å²) in [6, 6.07) is -0.672. The van der Waals surface area contributed by atoms with Crippen LogP contribution in [0.1, 0.15) is 303 Å². The number of rotatable bonds is 53. The van der Waals surface area contributed by atoms with E-state index >= 15 is 0 Å². The molecule has 0 radical (unpaired) electrons. The molecule has 0 bridgehead atoms. The number of carbonyl (C=O) groups is 2. The lowest BCUT2D eigenvalue weighted by molar-refractivity contribution is -0.143. The first kappa shape index (κ1) is 63.1. The van der Waals surface area contributed by atoms with Gasteiger partial charge in [-0.2, -0.15) is 0 Å². The predicted octanol–water partition coefficient (Wildman–Crippen LogP) is 17.6. The largest absolute Gasteiger partial charge is 0.466 e. The third-order valence-electron chi connectivity index (χ3n) is 13.2. The molecule has 2 atom stereocenters. The molecule has 0 aliphatic rings. The monoisotopic (exact) mass is 914 g/mol. The fourth-order valence-electron chi connectivity index (χ4n) is 8.74. The molecule has 0 aromatic rings. The number of hydrogen-bond acceptors (Lipinski definition) is 5. The summed E-state index contributed by atoms with van der Waals surface area (Å²) in [7, 11) is 0. The Morgan fingerprint density at radius 3 is 1.20 bits per heavy atom. The quantitative estimate of drug-likeness (QED) is 0.0321. The van der Waals surface area contributed by atoms with Crippen LogP contribution in [-0.4, -0.2) is 47.4 Å². The van der Waals surface area contributed by atoms with Gasteiger partial charge in [0.05, 0.1) is 25.4 Å². The molecule has 2 unspecified atom stereocenters. The van der Waals surface area contributed by atoms with Gasteiger partial charge in [-0.15, -0.1) is 0 Å². The molecule has 0 rings (SSSR count). The van der Waals surface area contributed by atoms with Crippen molar-refractivity contribution in [3.8, 4) is 0 Å². The summed E-state index contributed by atoms with van der Waals surface area (Å²) in [5.74, 6) is -0.161. The second kappa shape index (κ2) is 54.7. The van der Waals surface area contributed by atoms with Crippen molar-refractivity contribution in [2.75, 3.05) is 13.2 Å². The van der Waals surface area contributed by atoms with Crippen LogP contribution in [0.2, 0.25) is 0 Å². The van der Waals surface area contributed by atoms with Gasteiger partial charge in [0.25, 0.3) is 0 Å². The molecule has 0 aliphatic carbocycles. The number of allylic oxidation sites excluding steroid dienone is 5. The van der Waals surface area contributed by atoms with E-state index in [1.165, 1.54) is 218 Å². The highest BCUT2D eigenvalue weighted by molar-refractivity contribution is 5.76. The summed E-state index contributed by atoms with van der Waals surface area (Å²) in [5.41, 5.74) is 0. The van der Waals surface area contributed by atoms with Crippen LogP contribution >= 0.6 is 0 Å². The van der Waals surface area contributed by atoms with Crippen LogP contribution in [0.15, 0.2) is 36.5 Å². The third-order valence-corrected chi connectivity index (χ3v) is 13.2. The van der Waals surface area contributed by atoms with Crippen molar-refractivity contribution in [2.24, 2.45) is 0 Å². The number of carbonyl (C=O) groups excluding carboxylic acids is 2. The van der Waals surface area contributed by atoms with Crippen LogP contribution in [0.4, 0.5) is 0 Å². The normalized spacial score (nSPS) is 12.9. The van der Waals surface area contributed by atoms with Crippen LogP contribution in [0.25, 0.3) is 0 Å². The Bertz CT molecular complexity index is 1060.